The van der Waals surface area contributed by atoms with Gasteiger partial charge < -0.3 is 10.1 Å². The molecule has 96 valence electrons. The van der Waals surface area contributed by atoms with Gasteiger partial charge in [-0.25, -0.2) is 4.98 Å². The Morgan fingerprint density at radius 1 is 1.50 bits per heavy atom. The highest BCUT2D eigenvalue weighted by Gasteiger charge is 2.09. The molecule has 0 unspecified atom stereocenters. The van der Waals surface area contributed by atoms with Crippen molar-refractivity contribution in [3.63, 3.8) is 0 Å². The Hall–Kier alpha value is -1.59. The van der Waals surface area contributed by atoms with Gasteiger partial charge in [0.05, 0.1) is 18.0 Å². The number of nitrogens with zero attached hydrogens (tertiary/aromatic N) is 2. The smallest absolute Gasteiger partial charge is 0.262 e. The second-order valence-electron chi connectivity index (χ2n) is 3.82. The third kappa shape index (κ3) is 2.32. The van der Waals surface area contributed by atoms with E-state index in [0.29, 0.717) is 29.7 Å². The first-order valence-electron chi connectivity index (χ1n) is 5.56. The molecule has 18 heavy (non-hydrogen) atoms. The van der Waals surface area contributed by atoms with Crippen molar-refractivity contribution >= 4 is 22.5 Å². The topological polar surface area (TPSA) is 56.1 Å². The molecular formula is C12H14ClN3O2. The van der Waals surface area contributed by atoms with E-state index in [0.717, 1.165) is 0 Å². The second kappa shape index (κ2) is 5.37. The van der Waals surface area contributed by atoms with Crippen LogP contribution in [0.3, 0.4) is 0 Å². The van der Waals surface area contributed by atoms with Crippen LogP contribution in [0.5, 0.6) is 5.75 Å². The van der Waals surface area contributed by atoms with Gasteiger partial charge >= 0.3 is 0 Å². The van der Waals surface area contributed by atoms with E-state index in [2.05, 4.69) is 10.3 Å². The molecule has 0 saturated heterocycles. The van der Waals surface area contributed by atoms with Crippen molar-refractivity contribution in [2.75, 3.05) is 20.7 Å². The van der Waals surface area contributed by atoms with Crippen LogP contribution >= 0.6 is 11.6 Å². The van der Waals surface area contributed by atoms with E-state index < -0.39 is 0 Å². The molecule has 2 rings (SSSR count). The van der Waals surface area contributed by atoms with Gasteiger partial charge in [-0.05, 0) is 30.8 Å². The summed E-state index contributed by atoms with van der Waals surface area (Å²) in [6.07, 6.45) is 0. The van der Waals surface area contributed by atoms with Gasteiger partial charge in [0.2, 0.25) is 5.28 Å². The molecule has 0 bridgehead atoms. The van der Waals surface area contributed by atoms with Crippen molar-refractivity contribution in [2.45, 2.75) is 6.54 Å². The Morgan fingerprint density at radius 2 is 2.28 bits per heavy atom. The molecule has 0 aliphatic carbocycles. The molecular weight excluding hydrogens is 254 g/mol. The lowest BCUT2D eigenvalue weighted by Gasteiger charge is -2.09. The van der Waals surface area contributed by atoms with Crippen LogP contribution < -0.4 is 15.6 Å². The van der Waals surface area contributed by atoms with Crippen LogP contribution in [0.2, 0.25) is 5.28 Å². The van der Waals surface area contributed by atoms with E-state index in [1.165, 1.54) is 4.57 Å². The number of hydrogen-bond acceptors (Lipinski definition) is 4. The largest absolute Gasteiger partial charge is 0.497 e. The van der Waals surface area contributed by atoms with Gasteiger partial charge in [0.1, 0.15) is 5.75 Å². The van der Waals surface area contributed by atoms with Gasteiger partial charge in [-0.3, -0.25) is 9.36 Å². The highest BCUT2D eigenvalue weighted by molar-refractivity contribution is 6.28. The van der Waals surface area contributed by atoms with E-state index >= 15 is 0 Å². The van der Waals surface area contributed by atoms with Crippen molar-refractivity contribution in [1.29, 1.82) is 0 Å². The molecule has 1 N–H and O–H groups in total. The molecule has 2 aromatic rings. The molecule has 0 saturated carbocycles. The lowest BCUT2D eigenvalue weighted by Crippen LogP contribution is -2.27. The molecule has 0 atom stereocenters. The van der Waals surface area contributed by atoms with Crippen molar-refractivity contribution < 1.29 is 4.74 Å². The highest BCUT2D eigenvalue weighted by Crippen LogP contribution is 2.18. The summed E-state index contributed by atoms with van der Waals surface area (Å²) in [5.41, 5.74) is 0.410. The molecule has 1 aromatic heterocycles. The molecule has 0 radical (unpaired) electrons. The molecule has 0 aliphatic rings. The van der Waals surface area contributed by atoms with Crippen molar-refractivity contribution in [2.24, 2.45) is 0 Å². The summed E-state index contributed by atoms with van der Waals surface area (Å²) in [7, 11) is 3.38. The van der Waals surface area contributed by atoms with E-state index in [4.69, 9.17) is 16.3 Å². The van der Waals surface area contributed by atoms with Crippen LogP contribution in [0.15, 0.2) is 23.0 Å². The third-order valence-corrected chi connectivity index (χ3v) is 2.99. The second-order valence-corrected chi connectivity index (χ2v) is 4.16. The Morgan fingerprint density at radius 3 is 2.94 bits per heavy atom. The predicted octanol–water partition coefficient (Wildman–Crippen LogP) is 1.28. The van der Waals surface area contributed by atoms with Gasteiger partial charge in [0, 0.05) is 19.2 Å². The van der Waals surface area contributed by atoms with E-state index in [1.54, 1.807) is 25.3 Å². The van der Waals surface area contributed by atoms with Gasteiger partial charge in [0.15, 0.2) is 0 Å². The van der Waals surface area contributed by atoms with Crippen molar-refractivity contribution in [3.05, 3.63) is 33.8 Å². The molecule has 1 heterocycles. The fourth-order valence-corrected chi connectivity index (χ4v) is 1.97. The van der Waals surface area contributed by atoms with Crippen molar-refractivity contribution in [1.82, 2.24) is 14.9 Å². The number of likely N-dealkylation sites (N-methyl/N-ethyl adjacent to an activating group) is 1. The molecule has 6 heteroatoms. The van der Waals surface area contributed by atoms with Gasteiger partial charge in [-0.15, -0.1) is 0 Å². The summed E-state index contributed by atoms with van der Waals surface area (Å²) in [6.45, 7) is 1.14. The minimum absolute atomic E-state index is 0.136. The maximum Gasteiger partial charge on any atom is 0.262 e. The Kier molecular flexibility index (Phi) is 3.84. The van der Waals surface area contributed by atoms with Gasteiger partial charge in [-0.1, -0.05) is 0 Å². The normalized spacial score (nSPS) is 10.8. The first kappa shape index (κ1) is 12.9. The molecule has 0 fully saturated rings. The number of halogens is 1. The molecule has 0 aliphatic heterocycles. The lowest BCUT2D eigenvalue weighted by atomic mass is 10.2. The minimum Gasteiger partial charge on any atom is -0.497 e. The van der Waals surface area contributed by atoms with Crippen LogP contribution in [0.1, 0.15) is 0 Å². The quantitative estimate of drug-likeness (QED) is 0.848. The van der Waals surface area contributed by atoms with Crippen molar-refractivity contribution in [3.8, 4) is 5.75 Å². The summed E-state index contributed by atoms with van der Waals surface area (Å²) >= 11 is 6.02. The maximum atomic E-state index is 12.2. The number of methoxy groups -OCH3 is 1. The van der Waals surface area contributed by atoms with E-state index in [9.17, 15) is 4.79 Å². The average Bonchev–Trinajstić information content (AvgIpc) is 2.38. The molecule has 0 spiro atoms. The van der Waals surface area contributed by atoms with Gasteiger partial charge in [-0.2, -0.15) is 0 Å². The number of aromatic nitrogens is 2. The standard InChI is InChI=1S/C12H14ClN3O2/c1-14-5-6-16-11(17)9-4-3-8(18-2)7-10(9)15-12(16)13/h3-4,7,14H,5-6H2,1-2H3. The zero-order valence-electron chi connectivity index (χ0n) is 10.2. The average molecular weight is 268 g/mol. The molecule has 5 nitrogen and oxygen atoms in total. The van der Waals surface area contributed by atoms with E-state index in [-0.39, 0.29) is 10.8 Å². The predicted molar refractivity (Wildman–Crippen MR) is 71.5 cm³/mol. The molecule has 1 aromatic carbocycles. The zero-order chi connectivity index (χ0) is 13.1. The van der Waals surface area contributed by atoms with Crippen LogP contribution in [-0.2, 0) is 6.54 Å². The highest BCUT2D eigenvalue weighted by atomic mass is 35.5. The summed E-state index contributed by atoms with van der Waals surface area (Å²) in [5.74, 6) is 0.651. The first-order valence-corrected chi connectivity index (χ1v) is 5.94. The third-order valence-electron chi connectivity index (χ3n) is 2.70. The number of ether oxygens (including phenoxy) is 1. The Labute approximate surface area is 109 Å². The Balaban J connectivity index is 2.60. The van der Waals surface area contributed by atoms with E-state index in [1.807, 2.05) is 7.05 Å². The van der Waals surface area contributed by atoms with Crippen LogP contribution in [0, 0.1) is 0 Å². The van der Waals surface area contributed by atoms with Crippen LogP contribution in [0.25, 0.3) is 10.9 Å². The Bertz CT molecular complexity index is 624. The number of hydrogen-bond donors (Lipinski definition) is 1. The number of benzene rings is 1. The van der Waals surface area contributed by atoms with Crippen LogP contribution in [0.4, 0.5) is 0 Å². The summed E-state index contributed by atoms with van der Waals surface area (Å²) in [4.78, 5) is 16.4. The first-order chi connectivity index (χ1) is 8.67. The minimum atomic E-state index is -0.136. The maximum absolute atomic E-state index is 12.2. The summed E-state index contributed by atoms with van der Waals surface area (Å²) in [6, 6.07) is 5.14. The fourth-order valence-electron chi connectivity index (χ4n) is 1.72. The number of fused-ring (bicyclic) bond motifs is 1. The number of rotatable bonds is 4. The molecule has 0 amide bonds. The SMILES string of the molecule is CNCCn1c(Cl)nc2cc(OC)ccc2c1=O. The number of nitrogens with one attached hydrogen (secondary N) is 1. The summed E-state index contributed by atoms with van der Waals surface area (Å²) < 4.78 is 6.55. The van der Waals surface area contributed by atoms with Gasteiger partial charge in [0.25, 0.3) is 5.56 Å². The fraction of sp³-hybridized carbons (Fsp3) is 0.333. The lowest BCUT2D eigenvalue weighted by molar-refractivity contribution is 0.415. The summed E-state index contributed by atoms with van der Waals surface area (Å²) in [5, 5.41) is 3.70. The van der Waals surface area contributed by atoms with Crippen LogP contribution in [-0.4, -0.2) is 30.3 Å². The monoisotopic (exact) mass is 267 g/mol. The zero-order valence-corrected chi connectivity index (χ0v) is 11.0.